The molecular weight excluding hydrogens is 390 g/mol. The number of benzene rings is 1. The summed E-state index contributed by atoms with van der Waals surface area (Å²) in [4.78, 5) is 24.9. The molecule has 3 heterocycles. The van der Waals surface area contributed by atoms with Crippen LogP contribution in [0.4, 0.5) is 11.5 Å². The first kappa shape index (κ1) is 20.0. The molecule has 1 aliphatic rings. The summed E-state index contributed by atoms with van der Waals surface area (Å²) in [6.07, 6.45) is -2.09. The highest BCUT2D eigenvalue weighted by molar-refractivity contribution is 5.83. The summed E-state index contributed by atoms with van der Waals surface area (Å²) in [6, 6.07) is 7.45. The van der Waals surface area contributed by atoms with Crippen molar-refractivity contribution in [2.75, 3.05) is 17.6 Å². The van der Waals surface area contributed by atoms with Crippen LogP contribution in [-0.2, 0) is 16.1 Å². The first-order chi connectivity index (χ1) is 14.5. The van der Waals surface area contributed by atoms with Crippen molar-refractivity contribution >= 4 is 28.6 Å². The van der Waals surface area contributed by atoms with Crippen molar-refractivity contribution in [1.29, 1.82) is 0 Å². The van der Waals surface area contributed by atoms with Gasteiger partial charge in [0.25, 0.3) is 5.91 Å². The highest BCUT2D eigenvalue weighted by atomic mass is 16.6. The third kappa shape index (κ3) is 3.65. The van der Waals surface area contributed by atoms with E-state index in [1.165, 1.54) is 17.2 Å². The third-order valence-corrected chi connectivity index (χ3v) is 4.92. The lowest BCUT2D eigenvalue weighted by Crippen LogP contribution is -2.42. The molecule has 0 aliphatic carbocycles. The lowest BCUT2D eigenvalue weighted by molar-refractivity contribution is -0.137. The second kappa shape index (κ2) is 8.22. The standard InChI is InChI=1S/C19H23N7O4/c1-2-21-18(29)15-13(27)14(28)19(30-15)26-9-25-12-16(23-8-24-17(12)26)22-7-10-3-5-11(20)6-4-10/h3-6,8-9,13-15,19,27-28H,2,7,20H2,1H3,(H,21,29)(H,22,23,24)/t13-,14+,15-,19+/m0/s1. The number of nitrogens with one attached hydrogen (secondary N) is 2. The largest absolute Gasteiger partial charge is 0.399 e. The Morgan fingerprint density at radius 2 is 1.97 bits per heavy atom. The topological polar surface area (TPSA) is 160 Å². The number of carbonyl (C=O) groups excluding carboxylic acids is 1. The van der Waals surface area contributed by atoms with Gasteiger partial charge in [-0.2, -0.15) is 0 Å². The molecule has 1 aromatic carbocycles. The molecule has 6 N–H and O–H groups in total. The molecule has 1 aliphatic heterocycles. The Morgan fingerprint density at radius 1 is 1.20 bits per heavy atom. The molecule has 1 fully saturated rings. The van der Waals surface area contributed by atoms with E-state index in [2.05, 4.69) is 25.6 Å². The number of nitrogens with zero attached hydrogens (tertiary/aromatic N) is 4. The molecule has 0 radical (unpaired) electrons. The molecule has 1 saturated heterocycles. The van der Waals surface area contributed by atoms with Crippen molar-refractivity contribution in [3.8, 4) is 0 Å². The smallest absolute Gasteiger partial charge is 0.252 e. The fourth-order valence-electron chi connectivity index (χ4n) is 3.37. The first-order valence-electron chi connectivity index (χ1n) is 9.54. The van der Waals surface area contributed by atoms with Gasteiger partial charge in [0.1, 0.15) is 18.5 Å². The van der Waals surface area contributed by atoms with Crippen LogP contribution >= 0.6 is 0 Å². The van der Waals surface area contributed by atoms with E-state index < -0.39 is 30.4 Å². The minimum Gasteiger partial charge on any atom is -0.399 e. The molecule has 30 heavy (non-hydrogen) atoms. The highest BCUT2D eigenvalue weighted by Crippen LogP contribution is 2.32. The summed E-state index contributed by atoms with van der Waals surface area (Å²) in [5.74, 6) is 0.0142. The van der Waals surface area contributed by atoms with Gasteiger partial charge >= 0.3 is 0 Å². The van der Waals surface area contributed by atoms with Crippen LogP contribution in [-0.4, -0.2) is 60.5 Å². The zero-order valence-electron chi connectivity index (χ0n) is 16.3. The lowest BCUT2D eigenvalue weighted by Gasteiger charge is -2.16. The SMILES string of the molecule is CCNC(=O)[C@H]1O[C@@H](n2cnc3c(NCc4ccc(N)cc4)ncnc32)[C@H](O)[C@@H]1O. The minimum absolute atomic E-state index is 0.385. The van der Waals surface area contributed by atoms with Crippen LogP contribution in [0.15, 0.2) is 36.9 Å². The van der Waals surface area contributed by atoms with E-state index in [9.17, 15) is 15.0 Å². The number of ether oxygens (including phenoxy) is 1. The molecule has 0 saturated carbocycles. The van der Waals surface area contributed by atoms with Crippen molar-refractivity contribution in [3.05, 3.63) is 42.5 Å². The number of anilines is 2. The number of carbonyl (C=O) groups is 1. The maximum atomic E-state index is 12.1. The van der Waals surface area contributed by atoms with Gasteiger partial charge in [0.05, 0.1) is 6.33 Å². The normalized spacial score (nSPS) is 23.6. The van der Waals surface area contributed by atoms with Gasteiger partial charge in [-0.15, -0.1) is 0 Å². The molecule has 11 heteroatoms. The fraction of sp³-hybridized carbons (Fsp3) is 0.368. The van der Waals surface area contributed by atoms with Crippen LogP contribution in [0.2, 0.25) is 0 Å². The van der Waals surface area contributed by atoms with Crippen LogP contribution < -0.4 is 16.4 Å². The summed E-state index contributed by atoms with van der Waals surface area (Å²) in [5.41, 5.74) is 8.28. The Hall–Kier alpha value is -3.28. The number of aliphatic hydroxyl groups excluding tert-OH is 2. The number of nitrogen functional groups attached to an aromatic ring is 1. The quantitative estimate of drug-likeness (QED) is 0.344. The maximum absolute atomic E-state index is 12.1. The summed E-state index contributed by atoms with van der Waals surface area (Å²) < 4.78 is 7.14. The monoisotopic (exact) mass is 413 g/mol. The van der Waals surface area contributed by atoms with Gasteiger partial charge in [0.15, 0.2) is 29.3 Å². The van der Waals surface area contributed by atoms with Crippen molar-refractivity contribution < 1.29 is 19.7 Å². The molecule has 158 valence electrons. The highest BCUT2D eigenvalue weighted by Gasteiger charge is 2.47. The van der Waals surface area contributed by atoms with E-state index in [4.69, 9.17) is 10.5 Å². The number of imidazole rings is 1. The molecule has 11 nitrogen and oxygen atoms in total. The Labute approximate surface area is 171 Å². The van der Waals surface area contributed by atoms with Crippen molar-refractivity contribution in [2.24, 2.45) is 0 Å². The Kier molecular flexibility index (Phi) is 5.48. The lowest BCUT2D eigenvalue weighted by atomic mass is 10.1. The van der Waals surface area contributed by atoms with Crippen molar-refractivity contribution in [3.63, 3.8) is 0 Å². The fourth-order valence-corrected chi connectivity index (χ4v) is 3.37. The van der Waals surface area contributed by atoms with Gasteiger partial charge in [-0.05, 0) is 24.6 Å². The number of rotatable bonds is 6. The summed E-state index contributed by atoms with van der Waals surface area (Å²) in [6.45, 7) is 2.64. The van der Waals surface area contributed by atoms with Crippen LogP contribution in [0.25, 0.3) is 11.2 Å². The molecule has 2 aromatic heterocycles. The van der Waals surface area contributed by atoms with E-state index in [1.807, 2.05) is 24.3 Å². The average molecular weight is 413 g/mol. The Bertz CT molecular complexity index is 1040. The summed E-state index contributed by atoms with van der Waals surface area (Å²) in [7, 11) is 0. The van der Waals surface area contributed by atoms with Crippen LogP contribution in [0.3, 0.4) is 0 Å². The number of hydrogen-bond donors (Lipinski definition) is 5. The number of aliphatic hydroxyl groups is 2. The molecule has 0 spiro atoms. The average Bonchev–Trinajstić information content (AvgIpc) is 3.29. The minimum atomic E-state index is -1.37. The number of likely N-dealkylation sites (N-methyl/N-ethyl adjacent to an activating group) is 1. The van der Waals surface area contributed by atoms with E-state index in [0.717, 1.165) is 5.56 Å². The predicted octanol–water partition coefficient (Wildman–Crippen LogP) is -0.224. The van der Waals surface area contributed by atoms with E-state index >= 15 is 0 Å². The zero-order valence-corrected chi connectivity index (χ0v) is 16.3. The number of hydrogen-bond acceptors (Lipinski definition) is 9. The maximum Gasteiger partial charge on any atom is 0.252 e. The number of nitrogens with two attached hydrogens (primary N) is 1. The van der Waals surface area contributed by atoms with Crippen molar-refractivity contribution in [2.45, 2.75) is 38.0 Å². The van der Waals surface area contributed by atoms with Gasteiger partial charge in [-0.1, -0.05) is 12.1 Å². The number of fused-ring (bicyclic) bond motifs is 1. The number of amides is 1. The van der Waals surface area contributed by atoms with Crippen molar-refractivity contribution in [1.82, 2.24) is 24.8 Å². The van der Waals surface area contributed by atoms with Gasteiger partial charge in [0.2, 0.25) is 0 Å². The second-order valence-electron chi connectivity index (χ2n) is 6.96. The van der Waals surface area contributed by atoms with E-state index in [0.29, 0.717) is 35.8 Å². The van der Waals surface area contributed by atoms with Crippen LogP contribution in [0.1, 0.15) is 18.7 Å². The zero-order chi connectivity index (χ0) is 21.3. The predicted molar refractivity (Wildman–Crippen MR) is 108 cm³/mol. The van der Waals surface area contributed by atoms with Gasteiger partial charge < -0.3 is 31.3 Å². The third-order valence-electron chi connectivity index (χ3n) is 4.92. The summed E-state index contributed by atoms with van der Waals surface area (Å²) >= 11 is 0. The van der Waals surface area contributed by atoms with Crippen LogP contribution in [0, 0.1) is 0 Å². The number of aromatic nitrogens is 4. The van der Waals surface area contributed by atoms with Gasteiger partial charge in [0, 0.05) is 18.8 Å². The van der Waals surface area contributed by atoms with Crippen LogP contribution in [0.5, 0.6) is 0 Å². The Balaban J connectivity index is 1.57. The molecule has 3 aromatic rings. The Morgan fingerprint density at radius 3 is 2.70 bits per heavy atom. The molecular formula is C19H23N7O4. The molecule has 1 amide bonds. The van der Waals surface area contributed by atoms with E-state index in [1.54, 1.807) is 6.92 Å². The molecule has 0 bridgehead atoms. The second-order valence-corrected chi connectivity index (χ2v) is 6.96. The van der Waals surface area contributed by atoms with Gasteiger partial charge in [-0.3, -0.25) is 9.36 Å². The van der Waals surface area contributed by atoms with Gasteiger partial charge in [-0.25, -0.2) is 15.0 Å². The van der Waals surface area contributed by atoms with E-state index in [-0.39, 0.29) is 0 Å². The molecule has 0 unspecified atom stereocenters. The first-order valence-corrected chi connectivity index (χ1v) is 9.54. The molecule has 4 atom stereocenters. The molecule has 4 rings (SSSR count). The summed E-state index contributed by atoms with van der Waals surface area (Å²) in [5, 5.41) is 26.5.